The number of aromatic nitrogens is 3. The fourth-order valence-corrected chi connectivity index (χ4v) is 5.58. The molecule has 4 aromatic rings. The number of thioether (sulfide) groups is 1. The summed E-state index contributed by atoms with van der Waals surface area (Å²) in [6, 6.07) is 13.2. The van der Waals surface area contributed by atoms with Gasteiger partial charge in [0.1, 0.15) is 21.9 Å². The molecule has 0 bridgehead atoms. The molecule has 9 heteroatoms. The predicted molar refractivity (Wildman–Crippen MR) is 127 cm³/mol. The summed E-state index contributed by atoms with van der Waals surface area (Å²) in [6.45, 7) is 3.52. The van der Waals surface area contributed by atoms with Gasteiger partial charge < -0.3 is 10.2 Å². The summed E-state index contributed by atoms with van der Waals surface area (Å²) < 4.78 is 14.9. The van der Waals surface area contributed by atoms with Gasteiger partial charge in [-0.2, -0.15) is 4.98 Å². The monoisotopic (exact) mass is 465 g/mol. The summed E-state index contributed by atoms with van der Waals surface area (Å²) in [7, 11) is 0. The van der Waals surface area contributed by atoms with Crippen molar-refractivity contribution in [2.45, 2.75) is 24.9 Å². The third-order valence-corrected chi connectivity index (χ3v) is 7.52. The van der Waals surface area contributed by atoms with Crippen molar-refractivity contribution in [3.05, 3.63) is 71.3 Å². The minimum atomic E-state index is -0.442. The smallest absolute Gasteiger partial charge is 0.234 e. The third-order valence-electron chi connectivity index (χ3n) is 5.29. The number of benzene rings is 2. The highest BCUT2D eigenvalue weighted by Crippen LogP contribution is 2.35. The number of thiazole rings is 1. The van der Waals surface area contributed by atoms with E-state index in [0.717, 1.165) is 34.9 Å². The first-order chi connectivity index (χ1) is 15.6. The van der Waals surface area contributed by atoms with Crippen LogP contribution in [0.4, 0.5) is 15.2 Å². The zero-order valence-electron chi connectivity index (χ0n) is 17.3. The number of aryl methyl sites for hydroxylation is 1. The second-order valence-electron chi connectivity index (χ2n) is 7.59. The number of hydrogen-bond acceptors (Lipinski definition) is 7. The molecule has 0 fully saturated rings. The molecule has 1 aliphatic rings. The zero-order chi connectivity index (χ0) is 22.1. The molecule has 0 spiro atoms. The number of halogens is 1. The van der Waals surface area contributed by atoms with Gasteiger partial charge in [0, 0.05) is 13.1 Å². The number of carbonyl (C=O) groups is 1. The van der Waals surface area contributed by atoms with E-state index in [1.807, 2.05) is 0 Å². The molecule has 0 atom stereocenters. The molecule has 162 valence electrons. The van der Waals surface area contributed by atoms with E-state index in [1.54, 1.807) is 30.4 Å². The van der Waals surface area contributed by atoms with Gasteiger partial charge in [0.25, 0.3) is 0 Å². The second-order valence-corrected chi connectivity index (χ2v) is 9.53. The average molecular weight is 466 g/mol. The lowest BCUT2D eigenvalue weighted by molar-refractivity contribution is -0.113. The molecule has 5 rings (SSSR count). The lowest BCUT2D eigenvalue weighted by Gasteiger charge is -2.28. The standard InChI is InChI=1S/C23H20FN5OS2/c1-14-6-7-18(17(24)10-14)27-19(30)12-31-22-20-21(25-13-26-22)28-23(32-20)29-9-8-15-4-2-3-5-16(15)11-29/h2-7,10,13H,8-9,11-12H2,1H3,(H,27,30). The molecule has 2 aromatic heterocycles. The minimum absolute atomic E-state index is 0.115. The number of rotatable bonds is 5. The zero-order valence-corrected chi connectivity index (χ0v) is 19.0. The van der Waals surface area contributed by atoms with Crippen molar-refractivity contribution in [3.8, 4) is 0 Å². The summed E-state index contributed by atoms with van der Waals surface area (Å²) in [4.78, 5) is 28.0. The summed E-state index contributed by atoms with van der Waals surface area (Å²) >= 11 is 2.84. The largest absolute Gasteiger partial charge is 0.343 e. The second kappa shape index (κ2) is 8.84. The molecule has 32 heavy (non-hydrogen) atoms. The number of hydrogen-bond donors (Lipinski definition) is 1. The highest BCUT2D eigenvalue weighted by molar-refractivity contribution is 8.00. The van der Waals surface area contributed by atoms with E-state index in [2.05, 4.69) is 44.5 Å². The van der Waals surface area contributed by atoms with Crippen LogP contribution >= 0.6 is 23.1 Å². The van der Waals surface area contributed by atoms with Crippen LogP contribution in [0.3, 0.4) is 0 Å². The number of carbonyl (C=O) groups excluding carboxylic acids is 1. The van der Waals surface area contributed by atoms with E-state index in [0.29, 0.717) is 10.7 Å². The molecular formula is C23H20FN5OS2. The van der Waals surface area contributed by atoms with Crippen molar-refractivity contribution in [1.82, 2.24) is 15.0 Å². The molecule has 0 unspecified atom stereocenters. The number of nitrogens with zero attached hydrogens (tertiary/aromatic N) is 4. The molecule has 0 saturated carbocycles. The maximum Gasteiger partial charge on any atom is 0.234 e. The Morgan fingerprint density at radius 3 is 2.91 bits per heavy atom. The summed E-state index contributed by atoms with van der Waals surface area (Å²) in [5.41, 5.74) is 4.32. The van der Waals surface area contributed by atoms with Gasteiger partial charge in [-0.25, -0.2) is 14.4 Å². The van der Waals surface area contributed by atoms with E-state index >= 15 is 0 Å². The fraction of sp³-hybridized carbons (Fsp3) is 0.217. The van der Waals surface area contributed by atoms with E-state index in [4.69, 9.17) is 4.98 Å². The molecule has 6 nitrogen and oxygen atoms in total. The highest BCUT2D eigenvalue weighted by atomic mass is 32.2. The molecule has 3 heterocycles. The van der Waals surface area contributed by atoms with E-state index in [9.17, 15) is 9.18 Å². The topological polar surface area (TPSA) is 71.0 Å². The van der Waals surface area contributed by atoms with Crippen molar-refractivity contribution in [2.75, 3.05) is 22.5 Å². The summed E-state index contributed by atoms with van der Waals surface area (Å²) in [6.07, 6.45) is 2.45. The molecule has 2 aromatic carbocycles. The van der Waals surface area contributed by atoms with Crippen LogP contribution in [0.5, 0.6) is 0 Å². The van der Waals surface area contributed by atoms with Crippen LogP contribution in [-0.4, -0.2) is 33.2 Å². The van der Waals surface area contributed by atoms with Crippen molar-refractivity contribution < 1.29 is 9.18 Å². The van der Waals surface area contributed by atoms with Crippen molar-refractivity contribution in [3.63, 3.8) is 0 Å². The Balaban J connectivity index is 1.30. The van der Waals surface area contributed by atoms with Gasteiger partial charge >= 0.3 is 0 Å². The summed E-state index contributed by atoms with van der Waals surface area (Å²) in [5.74, 6) is -0.617. The lowest BCUT2D eigenvalue weighted by atomic mass is 10.0. The van der Waals surface area contributed by atoms with Crippen LogP contribution in [0, 0.1) is 12.7 Å². The fourth-order valence-electron chi connectivity index (χ4n) is 3.66. The van der Waals surface area contributed by atoms with Gasteiger partial charge in [-0.15, -0.1) is 0 Å². The first-order valence-electron chi connectivity index (χ1n) is 10.2. The molecule has 1 aliphatic heterocycles. The third kappa shape index (κ3) is 4.31. The van der Waals surface area contributed by atoms with Crippen LogP contribution in [0.15, 0.2) is 53.8 Å². The number of amides is 1. The molecule has 1 amide bonds. The first kappa shape index (κ1) is 20.8. The Labute approximate surface area is 192 Å². The normalized spacial score (nSPS) is 13.2. The SMILES string of the molecule is Cc1ccc(NC(=O)CSc2ncnc3nc(N4CCc5ccccc5C4)sc23)c(F)c1. The number of anilines is 2. The van der Waals surface area contributed by atoms with E-state index < -0.39 is 5.82 Å². The lowest BCUT2D eigenvalue weighted by Crippen LogP contribution is -2.30. The van der Waals surface area contributed by atoms with E-state index in [1.165, 1.54) is 35.3 Å². The van der Waals surface area contributed by atoms with Gasteiger partial charge in [-0.05, 0) is 42.2 Å². The maximum absolute atomic E-state index is 14.0. The first-order valence-corrected chi connectivity index (χ1v) is 12.0. The Hall–Kier alpha value is -3.04. The Morgan fingerprint density at radius 1 is 1.22 bits per heavy atom. The van der Waals surface area contributed by atoms with Gasteiger partial charge in [0.15, 0.2) is 10.8 Å². The number of fused-ring (bicyclic) bond motifs is 2. The Morgan fingerprint density at radius 2 is 2.06 bits per heavy atom. The molecule has 0 aliphatic carbocycles. The van der Waals surface area contributed by atoms with Crippen LogP contribution in [-0.2, 0) is 17.8 Å². The molecular weight excluding hydrogens is 445 g/mol. The quantitative estimate of drug-likeness (QED) is 0.336. The van der Waals surface area contributed by atoms with Crippen molar-refractivity contribution in [2.24, 2.45) is 0 Å². The molecule has 0 radical (unpaired) electrons. The number of nitrogens with one attached hydrogen (secondary N) is 1. The molecule has 1 N–H and O–H groups in total. The van der Waals surface area contributed by atoms with Crippen LogP contribution in [0.1, 0.15) is 16.7 Å². The predicted octanol–water partition coefficient (Wildman–Crippen LogP) is 4.83. The van der Waals surface area contributed by atoms with Crippen LogP contribution in [0.25, 0.3) is 10.3 Å². The average Bonchev–Trinajstić information content (AvgIpc) is 3.24. The summed E-state index contributed by atoms with van der Waals surface area (Å²) in [5, 5.41) is 4.23. The van der Waals surface area contributed by atoms with Crippen LogP contribution < -0.4 is 10.2 Å². The van der Waals surface area contributed by atoms with Gasteiger partial charge in [0.05, 0.1) is 11.4 Å². The Kier molecular flexibility index (Phi) is 5.75. The minimum Gasteiger partial charge on any atom is -0.343 e. The van der Waals surface area contributed by atoms with Crippen molar-refractivity contribution in [1.29, 1.82) is 0 Å². The van der Waals surface area contributed by atoms with Gasteiger partial charge in [-0.3, -0.25) is 4.79 Å². The van der Waals surface area contributed by atoms with Gasteiger partial charge in [-0.1, -0.05) is 53.4 Å². The Bertz CT molecular complexity index is 1310. The van der Waals surface area contributed by atoms with Crippen molar-refractivity contribution >= 4 is 50.2 Å². The molecule has 0 saturated heterocycles. The maximum atomic E-state index is 14.0. The van der Waals surface area contributed by atoms with Crippen LogP contribution in [0.2, 0.25) is 0 Å². The van der Waals surface area contributed by atoms with E-state index in [-0.39, 0.29) is 17.3 Å². The highest BCUT2D eigenvalue weighted by Gasteiger charge is 2.21. The van der Waals surface area contributed by atoms with Gasteiger partial charge in [0.2, 0.25) is 5.91 Å².